The first-order chi connectivity index (χ1) is 4.30. The highest BCUT2D eigenvalue weighted by Gasteiger charge is 2.04. The van der Waals surface area contributed by atoms with Crippen molar-refractivity contribution in [3.05, 3.63) is 24.0 Å². The Labute approximate surface area is 51.8 Å². The minimum Gasteiger partial charge on any atom is -0.477 e. The van der Waals surface area contributed by atoms with E-state index in [0.717, 1.165) is 0 Å². The smallest absolute Gasteiger partial charge is 0.353 e. The number of carbonyl (C=O) groups is 1. The minimum absolute atomic E-state index is 0.150. The second kappa shape index (κ2) is 2.21. The molecule has 4 heteroatoms. The predicted octanol–water partition coefficient (Wildman–Crippen LogP) is -0.424. The molecule has 1 aliphatic heterocycles. The second-order valence-corrected chi connectivity index (χ2v) is 1.51. The largest absolute Gasteiger partial charge is 0.477 e. The van der Waals surface area contributed by atoms with Gasteiger partial charge in [0.1, 0.15) is 5.70 Å². The number of nitrogens with one attached hydrogen (secondary N) is 2. The molecule has 1 heterocycles. The zero-order valence-electron chi connectivity index (χ0n) is 4.59. The zero-order chi connectivity index (χ0) is 6.69. The van der Waals surface area contributed by atoms with Crippen LogP contribution >= 0.6 is 0 Å². The molecule has 9 heavy (non-hydrogen) atoms. The van der Waals surface area contributed by atoms with Crippen LogP contribution < -0.4 is 10.9 Å². The van der Waals surface area contributed by atoms with Crippen LogP contribution in [0.15, 0.2) is 24.0 Å². The molecule has 0 spiro atoms. The van der Waals surface area contributed by atoms with Gasteiger partial charge in [-0.05, 0) is 12.2 Å². The van der Waals surface area contributed by atoms with Gasteiger partial charge in [-0.1, -0.05) is 0 Å². The van der Waals surface area contributed by atoms with E-state index < -0.39 is 5.97 Å². The van der Waals surface area contributed by atoms with E-state index in [1.54, 1.807) is 12.3 Å². The van der Waals surface area contributed by atoms with E-state index in [9.17, 15) is 4.79 Å². The highest BCUT2D eigenvalue weighted by Crippen LogP contribution is 1.91. The van der Waals surface area contributed by atoms with Crippen LogP contribution in [0.3, 0.4) is 0 Å². The number of carboxylic acid groups (broad SMARTS) is 1. The number of rotatable bonds is 1. The van der Waals surface area contributed by atoms with Gasteiger partial charge >= 0.3 is 5.97 Å². The van der Waals surface area contributed by atoms with E-state index in [2.05, 4.69) is 10.9 Å². The standard InChI is InChI=1S/C5H6N2O2/c8-5(9)4-2-1-3-6-7-4/h1-3,6-7H,(H,8,9). The van der Waals surface area contributed by atoms with Crippen molar-refractivity contribution in [2.75, 3.05) is 0 Å². The highest BCUT2D eigenvalue weighted by molar-refractivity contribution is 5.86. The molecule has 0 atom stereocenters. The Morgan fingerprint density at radius 1 is 1.67 bits per heavy atom. The molecule has 0 radical (unpaired) electrons. The molecule has 0 aromatic heterocycles. The number of hydrazine groups is 1. The Morgan fingerprint density at radius 2 is 2.44 bits per heavy atom. The van der Waals surface area contributed by atoms with Gasteiger partial charge in [0.25, 0.3) is 0 Å². The number of hydrogen-bond acceptors (Lipinski definition) is 3. The first-order valence-corrected chi connectivity index (χ1v) is 2.42. The summed E-state index contributed by atoms with van der Waals surface area (Å²) < 4.78 is 0. The third-order valence-corrected chi connectivity index (χ3v) is 0.880. The molecule has 0 saturated carbocycles. The molecule has 1 rings (SSSR count). The van der Waals surface area contributed by atoms with Crippen molar-refractivity contribution in [3.8, 4) is 0 Å². The van der Waals surface area contributed by atoms with Crippen LogP contribution in [0, 0.1) is 0 Å². The summed E-state index contributed by atoms with van der Waals surface area (Å²) in [5.74, 6) is -0.966. The molecule has 0 fully saturated rings. The van der Waals surface area contributed by atoms with Gasteiger partial charge in [-0.25, -0.2) is 4.79 Å². The van der Waals surface area contributed by atoms with Gasteiger partial charge in [0.05, 0.1) is 0 Å². The molecule has 0 aromatic carbocycles. The van der Waals surface area contributed by atoms with Crippen molar-refractivity contribution >= 4 is 5.97 Å². The van der Waals surface area contributed by atoms with Gasteiger partial charge in [0.2, 0.25) is 0 Å². The fraction of sp³-hybridized carbons (Fsp3) is 0. The van der Waals surface area contributed by atoms with Gasteiger partial charge in [-0.2, -0.15) is 0 Å². The van der Waals surface area contributed by atoms with E-state index in [0.29, 0.717) is 0 Å². The van der Waals surface area contributed by atoms with Crippen LogP contribution in [0.2, 0.25) is 0 Å². The molecule has 0 saturated heterocycles. The van der Waals surface area contributed by atoms with E-state index in [4.69, 9.17) is 5.11 Å². The zero-order valence-corrected chi connectivity index (χ0v) is 4.59. The summed E-state index contributed by atoms with van der Waals surface area (Å²) in [6, 6.07) is 0. The van der Waals surface area contributed by atoms with Crippen molar-refractivity contribution in [1.82, 2.24) is 10.9 Å². The van der Waals surface area contributed by atoms with Crippen molar-refractivity contribution in [2.24, 2.45) is 0 Å². The lowest BCUT2D eigenvalue weighted by Crippen LogP contribution is -2.31. The first kappa shape index (κ1) is 5.68. The van der Waals surface area contributed by atoms with E-state index in [1.807, 2.05) is 0 Å². The van der Waals surface area contributed by atoms with Gasteiger partial charge < -0.3 is 10.5 Å². The number of carboxylic acids is 1. The SMILES string of the molecule is O=C(O)C1=CC=CNN1. The quantitative estimate of drug-likeness (QED) is 0.446. The van der Waals surface area contributed by atoms with Crippen molar-refractivity contribution < 1.29 is 9.90 Å². The summed E-state index contributed by atoms with van der Waals surface area (Å²) in [5.41, 5.74) is 5.13. The first-order valence-electron chi connectivity index (χ1n) is 2.42. The average Bonchev–Trinajstić information content (AvgIpc) is 1.90. The van der Waals surface area contributed by atoms with Crippen LogP contribution in [0.4, 0.5) is 0 Å². The third-order valence-electron chi connectivity index (χ3n) is 0.880. The Morgan fingerprint density at radius 3 is 2.78 bits per heavy atom. The minimum atomic E-state index is -0.966. The normalized spacial score (nSPS) is 15.3. The average molecular weight is 126 g/mol. The lowest BCUT2D eigenvalue weighted by atomic mass is 10.4. The molecule has 3 N–H and O–H groups in total. The summed E-state index contributed by atoms with van der Waals surface area (Å²) in [5, 5.41) is 8.33. The Bertz CT molecular complexity index is 183. The lowest BCUT2D eigenvalue weighted by molar-refractivity contribution is -0.133. The maximum atomic E-state index is 10.1. The number of allylic oxidation sites excluding steroid dienone is 2. The van der Waals surface area contributed by atoms with Crippen LogP contribution in [0.25, 0.3) is 0 Å². The molecule has 0 aromatic rings. The predicted molar refractivity (Wildman–Crippen MR) is 31.1 cm³/mol. The van der Waals surface area contributed by atoms with Crippen LogP contribution in [-0.4, -0.2) is 11.1 Å². The van der Waals surface area contributed by atoms with Gasteiger partial charge in [-0.15, -0.1) is 0 Å². The summed E-state index contributed by atoms with van der Waals surface area (Å²) in [6.45, 7) is 0. The van der Waals surface area contributed by atoms with Crippen LogP contribution in [-0.2, 0) is 4.79 Å². The van der Waals surface area contributed by atoms with Gasteiger partial charge in [0, 0.05) is 6.20 Å². The lowest BCUT2D eigenvalue weighted by Gasteiger charge is -2.07. The fourth-order valence-corrected chi connectivity index (χ4v) is 0.478. The molecule has 0 unspecified atom stereocenters. The van der Waals surface area contributed by atoms with Gasteiger partial charge in [-0.3, -0.25) is 5.43 Å². The van der Waals surface area contributed by atoms with Crippen LogP contribution in [0.5, 0.6) is 0 Å². The van der Waals surface area contributed by atoms with E-state index in [1.165, 1.54) is 6.08 Å². The maximum absolute atomic E-state index is 10.1. The topological polar surface area (TPSA) is 61.4 Å². The molecule has 48 valence electrons. The highest BCUT2D eigenvalue weighted by atomic mass is 16.4. The van der Waals surface area contributed by atoms with E-state index >= 15 is 0 Å². The Balaban J connectivity index is 2.68. The summed E-state index contributed by atoms with van der Waals surface area (Å²) >= 11 is 0. The van der Waals surface area contributed by atoms with Crippen molar-refractivity contribution in [1.29, 1.82) is 0 Å². The Hall–Kier alpha value is -1.45. The molecule has 0 bridgehead atoms. The van der Waals surface area contributed by atoms with Gasteiger partial charge in [0.15, 0.2) is 0 Å². The second-order valence-electron chi connectivity index (χ2n) is 1.51. The summed E-state index contributed by atoms with van der Waals surface area (Å²) in [4.78, 5) is 10.1. The fourth-order valence-electron chi connectivity index (χ4n) is 0.478. The summed E-state index contributed by atoms with van der Waals surface area (Å²) in [6.07, 6.45) is 4.69. The molecule has 4 nitrogen and oxygen atoms in total. The molecular formula is C5H6N2O2. The maximum Gasteiger partial charge on any atom is 0.353 e. The van der Waals surface area contributed by atoms with E-state index in [-0.39, 0.29) is 5.70 Å². The van der Waals surface area contributed by atoms with Crippen molar-refractivity contribution in [2.45, 2.75) is 0 Å². The molecule has 0 aliphatic carbocycles. The third kappa shape index (κ3) is 1.22. The van der Waals surface area contributed by atoms with Crippen molar-refractivity contribution in [3.63, 3.8) is 0 Å². The molecule has 1 aliphatic rings. The number of hydrogen-bond donors (Lipinski definition) is 3. The number of aliphatic carboxylic acids is 1. The summed E-state index contributed by atoms with van der Waals surface area (Å²) in [7, 11) is 0. The Kier molecular flexibility index (Phi) is 1.40. The van der Waals surface area contributed by atoms with Crippen LogP contribution in [0.1, 0.15) is 0 Å². The monoisotopic (exact) mass is 126 g/mol. The molecule has 0 amide bonds. The molecular weight excluding hydrogens is 120 g/mol.